The molecule has 0 bridgehead atoms. The highest BCUT2D eigenvalue weighted by molar-refractivity contribution is 7.92. The lowest BCUT2D eigenvalue weighted by Gasteiger charge is -2.54. The molecule has 0 aliphatic carbocycles. The molecule has 0 spiro atoms. The standard InChI is InChI=1S/C51H81NO6S/c1-11-13-14-15-16-17-18-19-20-21-22-23-24-25-26-27-33-45(48(55)58-42-36-50(7,8)52(46(53)30-12-2)51(9,10)37-42)59(56,57)38-40-31-28-29-32-43(40)41-34-39(3)47(54)44(35-41)49(4,5)6/h12,28-32,34-35,42,45,54H,11,13-27,33,36-38H2,1-10H3/b30-12+. The maximum atomic E-state index is 14.6. The van der Waals surface area contributed by atoms with Crippen LogP contribution in [-0.4, -0.2) is 52.7 Å². The lowest BCUT2D eigenvalue weighted by atomic mass is 9.78. The number of rotatable bonds is 24. The molecule has 1 heterocycles. The highest BCUT2D eigenvalue weighted by Gasteiger charge is 2.49. The quantitative estimate of drug-likeness (QED) is 0.0642. The first kappa shape index (κ1) is 50.2. The molecule has 2 aromatic carbocycles. The van der Waals surface area contributed by atoms with Crippen LogP contribution in [0.15, 0.2) is 48.6 Å². The number of amides is 1. The maximum absolute atomic E-state index is 14.6. The van der Waals surface area contributed by atoms with Gasteiger partial charge < -0.3 is 14.7 Å². The molecule has 1 aliphatic rings. The van der Waals surface area contributed by atoms with E-state index in [1.165, 1.54) is 77.0 Å². The number of ether oxygens (including phenoxy) is 1. The van der Waals surface area contributed by atoms with E-state index in [0.29, 0.717) is 24.8 Å². The molecule has 2 aromatic rings. The van der Waals surface area contributed by atoms with Crippen molar-refractivity contribution in [2.45, 2.75) is 225 Å². The molecule has 1 saturated heterocycles. The van der Waals surface area contributed by atoms with Crippen LogP contribution in [0.1, 0.15) is 201 Å². The topological polar surface area (TPSA) is 101 Å². The second kappa shape index (κ2) is 23.2. The number of benzene rings is 2. The largest absolute Gasteiger partial charge is 0.507 e. The van der Waals surface area contributed by atoms with Crippen LogP contribution in [0.2, 0.25) is 0 Å². The van der Waals surface area contributed by atoms with Crippen LogP contribution in [0.4, 0.5) is 0 Å². The zero-order valence-corrected chi connectivity index (χ0v) is 39.6. The molecule has 0 saturated carbocycles. The first-order chi connectivity index (χ1) is 27.7. The number of likely N-dealkylation sites (tertiary alicyclic amines) is 1. The smallest absolute Gasteiger partial charge is 0.324 e. The van der Waals surface area contributed by atoms with Crippen molar-refractivity contribution in [2.75, 3.05) is 0 Å². The highest BCUT2D eigenvalue weighted by atomic mass is 32.2. The number of piperidine rings is 1. The zero-order valence-electron chi connectivity index (χ0n) is 38.8. The fraction of sp³-hybridized carbons (Fsp3) is 0.686. The molecule has 8 heteroatoms. The minimum Gasteiger partial charge on any atom is -0.507 e. The van der Waals surface area contributed by atoms with Gasteiger partial charge in [0.15, 0.2) is 15.1 Å². The third-order valence-corrected chi connectivity index (χ3v) is 14.3. The molecule has 1 N–H and O–H groups in total. The Morgan fingerprint density at radius 3 is 1.81 bits per heavy atom. The van der Waals surface area contributed by atoms with Gasteiger partial charge in [0.05, 0.1) is 5.75 Å². The maximum Gasteiger partial charge on any atom is 0.324 e. The van der Waals surface area contributed by atoms with Gasteiger partial charge in [0.2, 0.25) is 5.91 Å². The van der Waals surface area contributed by atoms with Gasteiger partial charge in [-0.1, -0.05) is 161 Å². The van der Waals surface area contributed by atoms with Gasteiger partial charge in [0.1, 0.15) is 11.9 Å². The van der Waals surface area contributed by atoms with Gasteiger partial charge in [-0.25, -0.2) is 8.42 Å². The van der Waals surface area contributed by atoms with Gasteiger partial charge in [-0.15, -0.1) is 0 Å². The molecule has 0 aromatic heterocycles. The molecule has 1 aliphatic heterocycles. The number of sulfone groups is 1. The van der Waals surface area contributed by atoms with Crippen LogP contribution in [-0.2, 0) is 35.3 Å². The van der Waals surface area contributed by atoms with Crippen molar-refractivity contribution < 1.29 is 27.9 Å². The summed E-state index contributed by atoms with van der Waals surface area (Å²) in [5, 5.41) is 9.62. The molecule has 1 fully saturated rings. The summed E-state index contributed by atoms with van der Waals surface area (Å²) in [4.78, 5) is 29.3. The molecule has 1 amide bonds. The number of allylic oxidation sites excluding steroid dienone is 1. The number of hydrogen-bond acceptors (Lipinski definition) is 6. The number of aryl methyl sites for hydroxylation is 1. The van der Waals surface area contributed by atoms with E-state index in [1.54, 1.807) is 12.2 Å². The Kier molecular flexibility index (Phi) is 19.7. The van der Waals surface area contributed by atoms with E-state index < -0.39 is 38.2 Å². The van der Waals surface area contributed by atoms with Gasteiger partial charge in [0.25, 0.3) is 0 Å². The van der Waals surface area contributed by atoms with E-state index in [1.807, 2.05) is 104 Å². The van der Waals surface area contributed by atoms with Crippen LogP contribution in [0.3, 0.4) is 0 Å². The van der Waals surface area contributed by atoms with Crippen molar-refractivity contribution in [2.24, 2.45) is 0 Å². The summed E-state index contributed by atoms with van der Waals surface area (Å²) in [6, 6.07) is 11.3. The molecule has 59 heavy (non-hydrogen) atoms. The van der Waals surface area contributed by atoms with Gasteiger partial charge in [-0.3, -0.25) is 9.59 Å². The molecule has 1 atom stereocenters. The van der Waals surface area contributed by atoms with Gasteiger partial charge in [-0.2, -0.15) is 0 Å². The van der Waals surface area contributed by atoms with Crippen LogP contribution in [0, 0.1) is 6.92 Å². The number of unbranched alkanes of at least 4 members (excludes halogenated alkanes) is 15. The van der Waals surface area contributed by atoms with E-state index >= 15 is 0 Å². The van der Waals surface area contributed by atoms with Gasteiger partial charge in [-0.05, 0) is 93.8 Å². The Morgan fingerprint density at radius 1 is 0.831 bits per heavy atom. The van der Waals surface area contributed by atoms with Crippen molar-refractivity contribution >= 4 is 21.7 Å². The summed E-state index contributed by atoms with van der Waals surface area (Å²) in [6.45, 7) is 20.0. The zero-order chi connectivity index (χ0) is 43.9. The number of carbonyl (C=O) groups excluding carboxylic acids is 2. The third kappa shape index (κ3) is 15.4. The molecular formula is C51H81NO6S. The SMILES string of the molecule is C/C=C/C(=O)N1C(C)(C)CC(OC(=O)C(CCCCCCCCCCCCCCCCCC)S(=O)(=O)Cc2ccccc2-c2cc(C)c(O)c(C(C)(C)C)c2)CC1(C)C. The first-order valence-corrected chi connectivity index (χ1v) is 24.8. The van der Waals surface area contributed by atoms with E-state index in [9.17, 15) is 23.1 Å². The van der Waals surface area contributed by atoms with E-state index in [-0.39, 0.29) is 29.2 Å². The number of phenolic OH excluding ortho intramolecular Hbond substituents is 1. The summed E-state index contributed by atoms with van der Waals surface area (Å²) < 4.78 is 35.4. The summed E-state index contributed by atoms with van der Waals surface area (Å²) in [5.41, 5.74) is 2.17. The normalized spacial score (nSPS) is 16.4. The Balaban J connectivity index is 1.73. The summed E-state index contributed by atoms with van der Waals surface area (Å²) >= 11 is 0. The molecule has 332 valence electrons. The van der Waals surface area contributed by atoms with Crippen LogP contribution < -0.4 is 0 Å². The Hall–Kier alpha value is -3.13. The Bertz CT molecular complexity index is 1750. The van der Waals surface area contributed by atoms with Crippen molar-refractivity contribution in [3.63, 3.8) is 0 Å². The highest BCUT2D eigenvalue weighted by Crippen LogP contribution is 2.41. The predicted octanol–water partition coefficient (Wildman–Crippen LogP) is 13.3. The molecule has 3 rings (SSSR count). The van der Waals surface area contributed by atoms with Crippen molar-refractivity contribution in [3.05, 3.63) is 65.2 Å². The number of nitrogens with zero attached hydrogens (tertiary/aromatic N) is 1. The minimum absolute atomic E-state index is 0.0895. The van der Waals surface area contributed by atoms with Crippen molar-refractivity contribution in [1.82, 2.24) is 4.90 Å². The van der Waals surface area contributed by atoms with Crippen LogP contribution in [0.5, 0.6) is 5.75 Å². The lowest BCUT2D eigenvalue weighted by molar-refractivity contribution is -0.165. The van der Waals surface area contributed by atoms with Crippen molar-refractivity contribution in [3.8, 4) is 16.9 Å². The molecule has 7 nitrogen and oxygen atoms in total. The summed E-state index contributed by atoms with van der Waals surface area (Å²) in [7, 11) is -4.02. The average Bonchev–Trinajstić information content (AvgIpc) is 3.12. The first-order valence-electron chi connectivity index (χ1n) is 23.1. The van der Waals surface area contributed by atoms with E-state index in [2.05, 4.69) is 6.92 Å². The monoisotopic (exact) mass is 836 g/mol. The Labute approximate surface area is 360 Å². The summed E-state index contributed by atoms with van der Waals surface area (Å²) in [6.07, 6.45) is 23.3. The van der Waals surface area contributed by atoms with Gasteiger partial charge in [0, 0.05) is 29.5 Å². The average molecular weight is 836 g/mol. The fourth-order valence-electron chi connectivity index (χ4n) is 9.40. The number of aromatic hydroxyl groups is 1. The summed E-state index contributed by atoms with van der Waals surface area (Å²) in [5.74, 6) is -0.840. The fourth-order valence-corrected chi connectivity index (χ4v) is 11.2. The van der Waals surface area contributed by atoms with Crippen molar-refractivity contribution in [1.29, 1.82) is 0 Å². The predicted molar refractivity (Wildman–Crippen MR) is 246 cm³/mol. The Morgan fingerprint density at radius 2 is 1.32 bits per heavy atom. The van der Waals surface area contributed by atoms with Crippen LogP contribution in [0.25, 0.3) is 11.1 Å². The van der Waals surface area contributed by atoms with Crippen LogP contribution >= 0.6 is 0 Å². The third-order valence-electron chi connectivity index (χ3n) is 12.3. The second-order valence-electron chi connectivity index (χ2n) is 19.7. The molecular weight excluding hydrogens is 755 g/mol. The lowest BCUT2D eigenvalue weighted by Crippen LogP contribution is -2.64. The number of hydrogen-bond donors (Lipinski definition) is 1. The van der Waals surface area contributed by atoms with E-state index in [0.717, 1.165) is 41.5 Å². The number of esters is 1. The number of carbonyl (C=O) groups is 2. The van der Waals surface area contributed by atoms with E-state index in [4.69, 9.17) is 4.74 Å². The molecule has 1 unspecified atom stereocenters. The minimum atomic E-state index is -4.02. The number of phenols is 1. The molecule has 0 radical (unpaired) electrons. The van der Waals surface area contributed by atoms with Gasteiger partial charge >= 0.3 is 5.97 Å². The second-order valence-corrected chi connectivity index (χ2v) is 21.9.